The van der Waals surface area contributed by atoms with E-state index in [-0.39, 0.29) is 45.5 Å². The Bertz CT molecular complexity index is 1660. The van der Waals surface area contributed by atoms with Crippen LogP contribution in [0.5, 0.6) is 5.75 Å². The van der Waals surface area contributed by atoms with E-state index in [1.54, 1.807) is 26.0 Å². The number of carbonyl (C=O) groups is 1. The van der Waals surface area contributed by atoms with Crippen LogP contribution in [0.3, 0.4) is 0 Å². The number of nitrogens with two attached hydrogens (primary N) is 1. The molecule has 208 valence electrons. The van der Waals surface area contributed by atoms with Crippen molar-refractivity contribution in [3.05, 3.63) is 75.6 Å². The fourth-order valence-electron chi connectivity index (χ4n) is 4.54. The lowest BCUT2D eigenvalue weighted by Crippen LogP contribution is -2.35. The number of hydrogen-bond acceptors (Lipinski definition) is 9. The number of rotatable bonds is 7. The summed E-state index contributed by atoms with van der Waals surface area (Å²) in [7, 11) is -3.63. The lowest BCUT2D eigenvalue weighted by Gasteiger charge is -2.25. The predicted molar refractivity (Wildman–Crippen MR) is 150 cm³/mol. The number of phenolic OH excluding ortho intramolecular Hbond substituents is 1. The molecule has 0 spiro atoms. The van der Waals surface area contributed by atoms with E-state index < -0.39 is 21.6 Å². The third-order valence-corrected chi connectivity index (χ3v) is 8.53. The highest BCUT2D eigenvalue weighted by molar-refractivity contribution is 7.89. The van der Waals surface area contributed by atoms with Crippen LogP contribution in [0.4, 0.5) is 5.82 Å². The van der Waals surface area contributed by atoms with E-state index in [0.29, 0.717) is 24.2 Å². The molecule has 1 aliphatic rings. The summed E-state index contributed by atoms with van der Waals surface area (Å²) in [5.74, 6) is -1.24. The van der Waals surface area contributed by atoms with Crippen molar-refractivity contribution in [3.63, 3.8) is 0 Å². The molecule has 0 aliphatic carbocycles. The van der Waals surface area contributed by atoms with E-state index >= 15 is 0 Å². The molecule has 4 rings (SSSR count). The number of anilines is 1. The topological polar surface area (TPSA) is 168 Å². The Hall–Kier alpha value is -4.47. The van der Waals surface area contributed by atoms with Crippen LogP contribution in [0.15, 0.2) is 63.3 Å². The molecule has 11 nitrogen and oxygen atoms in total. The molecule has 2 aromatic carbocycles. The summed E-state index contributed by atoms with van der Waals surface area (Å²) in [5.41, 5.74) is 5.91. The van der Waals surface area contributed by atoms with Gasteiger partial charge in [0.25, 0.3) is 5.56 Å². The number of carbonyl (C=O) groups excluding carboxylic acids is 1. The molecule has 3 aromatic rings. The number of nitriles is 1. The molecule has 2 heterocycles. The lowest BCUT2D eigenvalue weighted by molar-refractivity contribution is 0.0527. The number of pyridine rings is 1. The van der Waals surface area contributed by atoms with Gasteiger partial charge in [0, 0.05) is 18.7 Å². The zero-order valence-electron chi connectivity index (χ0n) is 22.1. The zero-order valence-corrected chi connectivity index (χ0v) is 22.9. The quantitative estimate of drug-likeness (QED) is 0.326. The highest BCUT2D eigenvalue weighted by Crippen LogP contribution is 2.31. The second-order valence-corrected chi connectivity index (χ2v) is 11.1. The Morgan fingerprint density at radius 3 is 2.30 bits per heavy atom. The molecule has 0 amide bonds. The number of sulfonamides is 1. The minimum absolute atomic E-state index is 0.0171. The lowest BCUT2D eigenvalue weighted by atomic mass is 9.96. The van der Waals surface area contributed by atoms with Crippen molar-refractivity contribution < 1.29 is 23.1 Å². The molecular weight excluding hydrogens is 534 g/mol. The van der Waals surface area contributed by atoms with Crippen molar-refractivity contribution in [1.29, 1.82) is 5.26 Å². The summed E-state index contributed by atoms with van der Waals surface area (Å²) in [6.45, 7) is 4.17. The van der Waals surface area contributed by atoms with Crippen LogP contribution in [0.2, 0.25) is 0 Å². The molecule has 0 unspecified atom stereocenters. The smallest absolute Gasteiger partial charge is 0.342 e. The van der Waals surface area contributed by atoms with Crippen LogP contribution in [-0.2, 0) is 14.8 Å². The van der Waals surface area contributed by atoms with Gasteiger partial charge in [0.05, 0.1) is 17.2 Å². The van der Waals surface area contributed by atoms with Crippen LogP contribution in [-0.4, -0.2) is 53.9 Å². The first-order chi connectivity index (χ1) is 19.1. The highest BCUT2D eigenvalue weighted by atomic mass is 32.2. The zero-order chi connectivity index (χ0) is 29.0. The Morgan fingerprint density at radius 2 is 1.73 bits per heavy atom. The summed E-state index contributed by atoms with van der Waals surface area (Å²) in [6.07, 6.45) is 2.65. The predicted octanol–water partition coefficient (Wildman–Crippen LogP) is 3.30. The number of aromatic hydroxyl groups is 1. The van der Waals surface area contributed by atoms with Crippen LogP contribution >= 0.6 is 0 Å². The molecule has 0 bridgehead atoms. The first-order valence-corrected chi connectivity index (χ1v) is 14.2. The van der Waals surface area contributed by atoms with Gasteiger partial charge >= 0.3 is 5.97 Å². The molecule has 0 radical (unpaired) electrons. The number of phenols is 1. The van der Waals surface area contributed by atoms with Gasteiger partial charge in [-0.1, -0.05) is 30.7 Å². The van der Waals surface area contributed by atoms with Gasteiger partial charge in [0.15, 0.2) is 0 Å². The molecule has 1 aromatic heterocycles. The monoisotopic (exact) mass is 563 g/mol. The van der Waals surface area contributed by atoms with Gasteiger partial charge in [0.2, 0.25) is 10.0 Å². The Kier molecular flexibility index (Phi) is 8.37. The third-order valence-electron chi connectivity index (χ3n) is 6.61. The standard InChI is InChI=1S/C28H29N5O6S/c1-3-39-28(36)25-24(20-7-11-21(34)12-8-20)23(17-29)27(35)33(26(25)30)31-18(2)19-9-13-22(14-10-19)40(37,38)32-15-5-4-6-16-32/h7-14,34H,3-6,15-16,30H2,1-2H3/b31-18+. The van der Waals surface area contributed by atoms with Gasteiger partial charge in [-0.05, 0) is 62.1 Å². The number of aromatic nitrogens is 1. The second kappa shape index (κ2) is 11.7. The molecule has 1 fully saturated rings. The molecule has 40 heavy (non-hydrogen) atoms. The van der Waals surface area contributed by atoms with Crippen LogP contribution in [0.25, 0.3) is 11.1 Å². The number of benzene rings is 2. The summed E-state index contributed by atoms with van der Waals surface area (Å²) >= 11 is 0. The molecule has 1 saturated heterocycles. The van der Waals surface area contributed by atoms with Crippen molar-refractivity contribution in [1.82, 2.24) is 8.98 Å². The normalized spacial score (nSPS) is 14.5. The van der Waals surface area contributed by atoms with Gasteiger partial charge in [-0.25, -0.2) is 13.2 Å². The van der Waals surface area contributed by atoms with Crippen LogP contribution in [0.1, 0.15) is 54.6 Å². The number of ether oxygens (including phenoxy) is 1. The minimum atomic E-state index is -3.63. The Labute approximate surface area is 231 Å². The Morgan fingerprint density at radius 1 is 1.10 bits per heavy atom. The summed E-state index contributed by atoms with van der Waals surface area (Å²) in [6, 6.07) is 13.5. The second-order valence-electron chi connectivity index (χ2n) is 9.18. The van der Waals surface area contributed by atoms with Gasteiger partial charge < -0.3 is 15.6 Å². The first-order valence-electron chi connectivity index (χ1n) is 12.7. The summed E-state index contributed by atoms with van der Waals surface area (Å²) < 4.78 is 33.4. The average molecular weight is 564 g/mol. The van der Waals surface area contributed by atoms with E-state index in [9.17, 15) is 28.4 Å². The van der Waals surface area contributed by atoms with E-state index in [1.165, 1.54) is 40.7 Å². The fourth-order valence-corrected chi connectivity index (χ4v) is 6.06. The third kappa shape index (κ3) is 5.47. The molecule has 0 atom stereocenters. The molecule has 0 saturated carbocycles. The van der Waals surface area contributed by atoms with Crippen LogP contribution < -0.4 is 11.3 Å². The van der Waals surface area contributed by atoms with Crippen LogP contribution in [0, 0.1) is 11.3 Å². The van der Waals surface area contributed by atoms with E-state index in [2.05, 4.69) is 5.10 Å². The van der Waals surface area contributed by atoms with E-state index in [4.69, 9.17) is 10.5 Å². The molecule has 12 heteroatoms. The van der Waals surface area contributed by atoms with Gasteiger partial charge in [0.1, 0.15) is 28.8 Å². The van der Waals surface area contributed by atoms with Crippen molar-refractivity contribution in [2.75, 3.05) is 25.4 Å². The van der Waals surface area contributed by atoms with E-state index in [1.807, 2.05) is 6.07 Å². The fraction of sp³-hybridized carbons (Fsp3) is 0.286. The SMILES string of the molecule is CCOC(=O)c1c(-c2ccc(O)cc2)c(C#N)c(=O)n(/N=C(\C)c2ccc(S(=O)(=O)N3CCCCC3)cc2)c1N. The molecule has 1 aliphatic heterocycles. The van der Waals surface area contributed by atoms with Gasteiger partial charge in [-0.3, -0.25) is 4.79 Å². The molecular formula is C28H29N5O6S. The van der Waals surface area contributed by atoms with Crippen molar-refractivity contribution in [2.24, 2.45) is 5.10 Å². The van der Waals surface area contributed by atoms with Crippen molar-refractivity contribution in [2.45, 2.75) is 38.0 Å². The largest absolute Gasteiger partial charge is 0.508 e. The Balaban J connectivity index is 1.81. The number of nitrogens with zero attached hydrogens (tertiary/aromatic N) is 4. The maximum Gasteiger partial charge on any atom is 0.342 e. The number of esters is 1. The minimum Gasteiger partial charge on any atom is -0.508 e. The van der Waals surface area contributed by atoms with Crippen molar-refractivity contribution >= 4 is 27.5 Å². The van der Waals surface area contributed by atoms with Gasteiger partial charge in [-0.15, -0.1) is 0 Å². The summed E-state index contributed by atoms with van der Waals surface area (Å²) in [5, 5.41) is 23.9. The number of nitrogen functional groups attached to an aromatic ring is 1. The number of piperidine rings is 1. The first kappa shape index (κ1) is 28.5. The summed E-state index contributed by atoms with van der Waals surface area (Å²) in [4.78, 5) is 26.5. The highest BCUT2D eigenvalue weighted by Gasteiger charge is 2.28. The maximum absolute atomic E-state index is 13.4. The van der Waals surface area contributed by atoms with Gasteiger partial charge in [-0.2, -0.15) is 19.3 Å². The maximum atomic E-state index is 13.4. The van der Waals surface area contributed by atoms with E-state index in [0.717, 1.165) is 23.9 Å². The average Bonchev–Trinajstić information content (AvgIpc) is 2.96. The molecule has 3 N–H and O–H groups in total. The van der Waals surface area contributed by atoms with Crippen molar-refractivity contribution in [3.8, 4) is 22.9 Å². The number of hydrogen-bond donors (Lipinski definition) is 2.